The summed E-state index contributed by atoms with van der Waals surface area (Å²) in [6, 6.07) is 10.1. The SMILES string of the molecule is CC1(C)[C@H](N(O)C(=O)Nc2cccc(C(F)(F)F)c2)N(c2cccc(C(F)(F)F)c2)C(=O)N1Cc1ccc2c(c1)OCO2. The van der Waals surface area contributed by atoms with Crippen LogP contribution in [0.2, 0.25) is 0 Å². The van der Waals surface area contributed by atoms with E-state index in [2.05, 4.69) is 5.32 Å². The number of carbonyl (C=O) groups excluding carboxylic acids is 2. The molecule has 9 nitrogen and oxygen atoms in total. The Labute approximate surface area is 240 Å². The normalized spacial score (nSPS) is 17.8. The largest absolute Gasteiger partial charge is 0.454 e. The first-order chi connectivity index (χ1) is 20.1. The number of benzene rings is 3. The van der Waals surface area contributed by atoms with Gasteiger partial charge in [0, 0.05) is 17.9 Å². The lowest BCUT2D eigenvalue weighted by atomic mass is 9.98. The summed E-state index contributed by atoms with van der Waals surface area (Å²) in [7, 11) is 0. The number of rotatable bonds is 5. The van der Waals surface area contributed by atoms with Gasteiger partial charge in [-0.25, -0.2) is 9.59 Å². The molecule has 0 spiro atoms. The number of ether oxygens (including phenoxy) is 2. The van der Waals surface area contributed by atoms with Crippen molar-refractivity contribution in [3.63, 3.8) is 0 Å². The third kappa shape index (κ3) is 5.71. The number of halogens is 6. The standard InChI is InChI=1S/C28H24F6N4O5/c1-26(2)23(38(41)24(39)35-19-7-3-5-17(12-19)27(29,30)31)37(20-8-4-6-18(13-20)28(32,33)34)25(40)36(26)14-16-9-10-21-22(11-16)43-15-42-21/h3-13,23,41H,14-15H2,1-2H3,(H,35,39)/t23-/m0/s1. The van der Waals surface area contributed by atoms with Crippen molar-refractivity contribution in [3.8, 4) is 11.5 Å². The van der Waals surface area contributed by atoms with Crippen LogP contribution in [0.4, 0.5) is 47.3 Å². The van der Waals surface area contributed by atoms with Gasteiger partial charge in [-0.05, 0) is 67.9 Å². The minimum absolute atomic E-state index is 0.00121. The Morgan fingerprint density at radius 2 is 1.58 bits per heavy atom. The molecule has 5 rings (SSSR count). The Balaban J connectivity index is 1.51. The van der Waals surface area contributed by atoms with Crippen LogP contribution in [0.5, 0.6) is 11.5 Å². The van der Waals surface area contributed by atoms with Crippen molar-refractivity contribution in [1.29, 1.82) is 0 Å². The molecule has 4 amide bonds. The van der Waals surface area contributed by atoms with Gasteiger partial charge in [-0.15, -0.1) is 0 Å². The van der Waals surface area contributed by atoms with Crippen molar-refractivity contribution in [3.05, 3.63) is 83.4 Å². The van der Waals surface area contributed by atoms with Crippen LogP contribution in [-0.2, 0) is 18.9 Å². The molecule has 3 aromatic rings. The molecule has 3 aromatic carbocycles. The highest BCUT2D eigenvalue weighted by Gasteiger charge is 2.56. The van der Waals surface area contributed by atoms with Crippen molar-refractivity contribution < 1.29 is 50.6 Å². The van der Waals surface area contributed by atoms with Crippen molar-refractivity contribution >= 4 is 23.4 Å². The van der Waals surface area contributed by atoms with E-state index in [0.29, 0.717) is 29.2 Å². The highest BCUT2D eigenvalue weighted by molar-refractivity contribution is 5.98. The summed E-state index contributed by atoms with van der Waals surface area (Å²) in [6.45, 7) is 2.85. The van der Waals surface area contributed by atoms with Gasteiger partial charge in [0.15, 0.2) is 17.7 Å². The number of urea groups is 2. The van der Waals surface area contributed by atoms with Crippen LogP contribution in [-0.4, -0.2) is 45.7 Å². The lowest BCUT2D eigenvalue weighted by Crippen LogP contribution is -2.58. The maximum atomic E-state index is 13.9. The molecule has 1 atom stereocenters. The van der Waals surface area contributed by atoms with E-state index in [9.17, 15) is 41.1 Å². The number of amides is 4. The van der Waals surface area contributed by atoms with Gasteiger partial charge >= 0.3 is 24.4 Å². The third-order valence-electron chi connectivity index (χ3n) is 7.12. The van der Waals surface area contributed by atoms with E-state index in [0.717, 1.165) is 35.2 Å². The van der Waals surface area contributed by atoms with Crippen LogP contribution in [0, 0.1) is 0 Å². The maximum absolute atomic E-state index is 13.9. The molecule has 1 saturated heterocycles. The molecule has 228 valence electrons. The monoisotopic (exact) mass is 610 g/mol. The first-order valence-corrected chi connectivity index (χ1v) is 12.7. The summed E-state index contributed by atoms with van der Waals surface area (Å²) in [5.74, 6) is 0.893. The molecule has 2 N–H and O–H groups in total. The van der Waals surface area contributed by atoms with Gasteiger partial charge in [-0.3, -0.25) is 10.1 Å². The molecular weight excluding hydrogens is 586 g/mol. The Kier molecular flexibility index (Phi) is 7.32. The van der Waals surface area contributed by atoms with Crippen LogP contribution in [0.25, 0.3) is 0 Å². The molecule has 0 aliphatic carbocycles. The molecule has 0 saturated carbocycles. The van der Waals surface area contributed by atoms with E-state index < -0.39 is 47.2 Å². The number of nitrogens with zero attached hydrogens (tertiary/aromatic N) is 3. The molecule has 15 heteroatoms. The van der Waals surface area contributed by atoms with Crippen LogP contribution in [0.1, 0.15) is 30.5 Å². The smallest absolute Gasteiger partial charge is 0.416 e. The predicted molar refractivity (Wildman–Crippen MR) is 139 cm³/mol. The molecule has 0 aromatic heterocycles. The quantitative estimate of drug-likeness (QED) is 0.186. The Morgan fingerprint density at radius 1 is 0.953 bits per heavy atom. The summed E-state index contributed by atoms with van der Waals surface area (Å²) < 4.78 is 91.0. The van der Waals surface area contributed by atoms with Gasteiger partial charge in [-0.2, -0.15) is 31.4 Å². The zero-order chi connectivity index (χ0) is 31.3. The Bertz CT molecular complexity index is 1560. The van der Waals surface area contributed by atoms with Crippen molar-refractivity contribution in [1.82, 2.24) is 9.96 Å². The topological polar surface area (TPSA) is 94.6 Å². The van der Waals surface area contributed by atoms with Gasteiger partial charge in [0.25, 0.3) is 0 Å². The van der Waals surface area contributed by atoms with Crippen molar-refractivity contribution in [2.24, 2.45) is 0 Å². The molecule has 2 aliphatic heterocycles. The van der Waals surface area contributed by atoms with Crippen molar-refractivity contribution in [2.45, 2.75) is 44.4 Å². The fourth-order valence-electron chi connectivity index (χ4n) is 4.99. The summed E-state index contributed by atoms with van der Waals surface area (Å²) >= 11 is 0. The number of hydroxylamine groups is 2. The summed E-state index contributed by atoms with van der Waals surface area (Å²) in [5.41, 5.74) is -3.66. The van der Waals surface area contributed by atoms with Crippen molar-refractivity contribution in [2.75, 3.05) is 17.0 Å². The number of fused-ring (bicyclic) bond motifs is 1. The van der Waals surface area contributed by atoms with E-state index in [1.54, 1.807) is 18.2 Å². The Hall–Kier alpha value is -4.66. The molecule has 0 bridgehead atoms. The zero-order valence-corrected chi connectivity index (χ0v) is 22.5. The highest BCUT2D eigenvalue weighted by atomic mass is 19.4. The summed E-state index contributed by atoms with van der Waals surface area (Å²) in [4.78, 5) is 29.1. The fraction of sp³-hybridized carbons (Fsp3) is 0.286. The van der Waals surface area contributed by atoms with E-state index in [-0.39, 0.29) is 29.8 Å². The second-order valence-corrected chi connectivity index (χ2v) is 10.4. The zero-order valence-electron chi connectivity index (χ0n) is 22.5. The predicted octanol–water partition coefficient (Wildman–Crippen LogP) is 6.92. The minimum Gasteiger partial charge on any atom is -0.454 e. The number of hydrogen-bond donors (Lipinski definition) is 2. The number of nitrogens with one attached hydrogen (secondary N) is 1. The summed E-state index contributed by atoms with van der Waals surface area (Å²) in [5, 5.41) is 13.4. The molecule has 2 aliphatic rings. The molecular formula is C28H24F6N4O5. The first kappa shape index (κ1) is 29.8. The molecule has 0 radical (unpaired) electrons. The van der Waals surface area contributed by atoms with Crippen LogP contribution in [0.3, 0.4) is 0 Å². The second kappa shape index (κ2) is 10.6. The average molecular weight is 611 g/mol. The van der Waals surface area contributed by atoms with E-state index >= 15 is 0 Å². The number of carbonyl (C=O) groups is 2. The number of hydrogen-bond acceptors (Lipinski definition) is 5. The molecule has 1 fully saturated rings. The average Bonchev–Trinajstić information content (AvgIpc) is 3.48. The fourth-order valence-corrected chi connectivity index (χ4v) is 4.99. The van der Waals surface area contributed by atoms with E-state index in [4.69, 9.17) is 9.47 Å². The molecule has 0 unspecified atom stereocenters. The van der Waals surface area contributed by atoms with Crippen LogP contribution in [0.15, 0.2) is 66.7 Å². The van der Waals surface area contributed by atoms with Crippen LogP contribution < -0.4 is 19.7 Å². The lowest BCUT2D eigenvalue weighted by Gasteiger charge is -2.38. The van der Waals surface area contributed by atoms with E-state index in [1.165, 1.54) is 24.8 Å². The van der Waals surface area contributed by atoms with Gasteiger partial charge in [0.2, 0.25) is 6.79 Å². The van der Waals surface area contributed by atoms with Crippen LogP contribution >= 0.6 is 0 Å². The minimum atomic E-state index is -4.77. The molecule has 43 heavy (non-hydrogen) atoms. The van der Waals surface area contributed by atoms with Gasteiger partial charge in [-0.1, -0.05) is 18.2 Å². The Morgan fingerprint density at radius 3 is 2.26 bits per heavy atom. The summed E-state index contributed by atoms with van der Waals surface area (Å²) in [6.07, 6.45) is -11.1. The molecule has 2 heterocycles. The maximum Gasteiger partial charge on any atom is 0.416 e. The number of anilines is 2. The van der Waals surface area contributed by atoms with Gasteiger partial charge < -0.3 is 19.7 Å². The number of alkyl halides is 6. The first-order valence-electron chi connectivity index (χ1n) is 12.7. The van der Waals surface area contributed by atoms with Gasteiger partial charge in [0.1, 0.15) is 0 Å². The van der Waals surface area contributed by atoms with Gasteiger partial charge in [0.05, 0.1) is 16.7 Å². The lowest BCUT2D eigenvalue weighted by molar-refractivity contribution is -0.138. The second-order valence-electron chi connectivity index (χ2n) is 10.4. The third-order valence-corrected chi connectivity index (χ3v) is 7.12. The highest BCUT2D eigenvalue weighted by Crippen LogP contribution is 2.42. The van der Waals surface area contributed by atoms with E-state index in [1.807, 2.05) is 0 Å².